The average molecular weight is 281 g/mol. The molecule has 0 fully saturated rings. The maximum atomic E-state index is 13.2. The highest BCUT2D eigenvalue weighted by Gasteiger charge is 2.32. The van der Waals surface area contributed by atoms with Crippen LogP contribution in [0.15, 0.2) is 24.3 Å². The van der Waals surface area contributed by atoms with Crippen molar-refractivity contribution in [2.24, 2.45) is 5.92 Å². The highest BCUT2D eigenvalue weighted by atomic mass is 19.1. The van der Waals surface area contributed by atoms with Crippen LogP contribution >= 0.6 is 0 Å². The standard InChI is InChI=1S/C15H20FNO3/c1-9(13(18)19)10(2)17-14(20)15(3,4)11-6-5-7-12(16)8-11/h5-10H,1-4H3,(H,17,20)(H,18,19). The van der Waals surface area contributed by atoms with Gasteiger partial charge in [0.1, 0.15) is 5.82 Å². The molecule has 4 nitrogen and oxygen atoms in total. The Morgan fingerprint density at radius 1 is 1.30 bits per heavy atom. The van der Waals surface area contributed by atoms with Crippen molar-refractivity contribution in [3.05, 3.63) is 35.6 Å². The SMILES string of the molecule is CC(NC(=O)C(C)(C)c1cccc(F)c1)C(C)C(=O)O. The number of carboxylic acid groups (broad SMARTS) is 1. The Bertz CT molecular complexity index is 514. The molecule has 1 aromatic rings. The maximum Gasteiger partial charge on any atom is 0.308 e. The van der Waals surface area contributed by atoms with Crippen LogP contribution in [0.5, 0.6) is 0 Å². The van der Waals surface area contributed by atoms with Gasteiger partial charge in [0.2, 0.25) is 5.91 Å². The maximum absolute atomic E-state index is 13.2. The predicted octanol–water partition coefficient (Wildman–Crippen LogP) is 2.33. The summed E-state index contributed by atoms with van der Waals surface area (Å²) in [5, 5.41) is 11.6. The Labute approximate surface area is 118 Å². The molecule has 0 radical (unpaired) electrons. The first-order chi connectivity index (χ1) is 9.16. The third-order valence-electron chi connectivity index (χ3n) is 3.61. The van der Waals surface area contributed by atoms with E-state index < -0.39 is 29.2 Å². The highest BCUT2D eigenvalue weighted by Crippen LogP contribution is 2.24. The molecule has 2 N–H and O–H groups in total. The molecule has 0 aliphatic carbocycles. The van der Waals surface area contributed by atoms with Crippen LogP contribution in [0.1, 0.15) is 33.3 Å². The normalized spacial score (nSPS) is 14.4. The summed E-state index contributed by atoms with van der Waals surface area (Å²) >= 11 is 0. The molecule has 1 aromatic carbocycles. The molecule has 0 saturated carbocycles. The lowest BCUT2D eigenvalue weighted by Gasteiger charge is -2.27. The van der Waals surface area contributed by atoms with E-state index in [-0.39, 0.29) is 5.91 Å². The van der Waals surface area contributed by atoms with Crippen molar-refractivity contribution in [1.29, 1.82) is 0 Å². The number of hydrogen-bond acceptors (Lipinski definition) is 2. The molecule has 0 aliphatic heterocycles. The van der Waals surface area contributed by atoms with Crippen molar-refractivity contribution in [2.75, 3.05) is 0 Å². The van der Waals surface area contributed by atoms with Gasteiger partial charge >= 0.3 is 5.97 Å². The lowest BCUT2D eigenvalue weighted by atomic mass is 9.83. The van der Waals surface area contributed by atoms with E-state index in [9.17, 15) is 14.0 Å². The molecule has 0 spiro atoms. The van der Waals surface area contributed by atoms with Gasteiger partial charge in [-0.15, -0.1) is 0 Å². The smallest absolute Gasteiger partial charge is 0.308 e. The Hall–Kier alpha value is -1.91. The first kappa shape index (κ1) is 16.1. The summed E-state index contributed by atoms with van der Waals surface area (Å²) in [7, 11) is 0. The van der Waals surface area contributed by atoms with Crippen LogP contribution in [-0.2, 0) is 15.0 Å². The second kappa shape index (κ2) is 6.03. The lowest BCUT2D eigenvalue weighted by molar-refractivity contribution is -0.142. The van der Waals surface area contributed by atoms with E-state index >= 15 is 0 Å². The average Bonchev–Trinajstić information content (AvgIpc) is 2.37. The van der Waals surface area contributed by atoms with Crippen molar-refractivity contribution in [3.8, 4) is 0 Å². The monoisotopic (exact) mass is 281 g/mol. The molecule has 0 saturated heterocycles. The second-order valence-corrected chi connectivity index (χ2v) is 5.52. The van der Waals surface area contributed by atoms with Crippen LogP contribution < -0.4 is 5.32 Å². The minimum absolute atomic E-state index is 0.330. The van der Waals surface area contributed by atoms with E-state index in [1.54, 1.807) is 32.9 Å². The zero-order valence-corrected chi connectivity index (χ0v) is 12.1. The van der Waals surface area contributed by atoms with Crippen LogP contribution in [0.25, 0.3) is 0 Å². The summed E-state index contributed by atoms with van der Waals surface area (Å²) in [5.41, 5.74) is -0.389. The molecule has 0 aromatic heterocycles. The van der Waals surface area contributed by atoms with Gasteiger partial charge in [-0.05, 0) is 45.4 Å². The van der Waals surface area contributed by atoms with Crippen LogP contribution in [0, 0.1) is 11.7 Å². The fourth-order valence-corrected chi connectivity index (χ4v) is 1.73. The Balaban J connectivity index is 2.87. The molecule has 2 atom stereocenters. The molecular weight excluding hydrogens is 261 g/mol. The number of halogens is 1. The summed E-state index contributed by atoms with van der Waals surface area (Å²) in [6.45, 7) is 6.52. The van der Waals surface area contributed by atoms with Gasteiger partial charge in [0, 0.05) is 6.04 Å². The molecule has 2 unspecified atom stereocenters. The topological polar surface area (TPSA) is 66.4 Å². The van der Waals surface area contributed by atoms with Gasteiger partial charge in [-0.25, -0.2) is 4.39 Å². The van der Waals surface area contributed by atoms with Gasteiger partial charge in [-0.2, -0.15) is 0 Å². The number of amides is 1. The summed E-state index contributed by atoms with van der Waals surface area (Å²) in [5.74, 6) is -2.40. The van der Waals surface area contributed by atoms with E-state index in [0.717, 1.165) is 0 Å². The van der Waals surface area contributed by atoms with Crippen LogP contribution in [-0.4, -0.2) is 23.0 Å². The van der Waals surface area contributed by atoms with Gasteiger partial charge in [-0.3, -0.25) is 9.59 Å². The zero-order chi connectivity index (χ0) is 15.5. The molecule has 0 aliphatic rings. The Morgan fingerprint density at radius 2 is 1.90 bits per heavy atom. The summed E-state index contributed by atoms with van der Waals surface area (Å²) < 4.78 is 13.2. The largest absolute Gasteiger partial charge is 0.481 e. The number of carbonyl (C=O) groups is 2. The van der Waals surface area contributed by atoms with Crippen LogP contribution in [0.2, 0.25) is 0 Å². The van der Waals surface area contributed by atoms with E-state index in [1.165, 1.54) is 19.1 Å². The third-order valence-corrected chi connectivity index (χ3v) is 3.61. The lowest BCUT2D eigenvalue weighted by Crippen LogP contribution is -2.47. The number of rotatable bonds is 5. The predicted molar refractivity (Wildman–Crippen MR) is 73.8 cm³/mol. The van der Waals surface area contributed by atoms with E-state index in [2.05, 4.69) is 5.32 Å². The second-order valence-electron chi connectivity index (χ2n) is 5.52. The van der Waals surface area contributed by atoms with Gasteiger partial charge in [0.05, 0.1) is 11.3 Å². The van der Waals surface area contributed by atoms with Gasteiger partial charge in [0.25, 0.3) is 0 Å². The zero-order valence-electron chi connectivity index (χ0n) is 12.1. The minimum atomic E-state index is -0.971. The number of carboxylic acids is 1. The minimum Gasteiger partial charge on any atom is -0.481 e. The quantitative estimate of drug-likeness (QED) is 0.870. The van der Waals surface area contributed by atoms with E-state index in [4.69, 9.17) is 5.11 Å². The molecule has 1 rings (SSSR count). The molecule has 110 valence electrons. The van der Waals surface area contributed by atoms with Crippen molar-refractivity contribution in [3.63, 3.8) is 0 Å². The first-order valence-electron chi connectivity index (χ1n) is 6.46. The van der Waals surface area contributed by atoms with E-state index in [1.807, 2.05) is 0 Å². The fraction of sp³-hybridized carbons (Fsp3) is 0.467. The number of aliphatic carboxylic acids is 1. The Kier molecular flexibility index (Phi) is 4.87. The number of carbonyl (C=O) groups excluding carboxylic acids is 1. The van der Waals surface area contributed by atoms with Crippen molar-refractivity contribution in [2.45, 2.75) is 39.2 Å². The van der Waals surface area contributed by atoms with E-state index in [0.29, 0.717) is 5.56 Å². The van der Waals surface area contributed by atoms with Gasteiger partial charge < -0.3 is 10.4 Å². The van der Waals surface area contributed by atoms with Gasteiger partial charge in [-0.1, -0.05) is 12.1 Å². The van der Waals surface area contributed by atoms with Crippen LogP contribution in [0.3, 0.4) is 0 Å². The van der Waals surface area contributed by atoms with Crippen molar-refractivity contribution in [1.82, 2.24) is 5.32 Å². The molecule has 5 heteroatoms. The van der Waals surface area contributed by atoms with Crippen molar-refractivity contribution >= 4 is 11.9 Å². The summed E-state index contributed by atoms with van der Waals surface area (Å²) in [6.07, 6.45) is 0. The molecular formula is C15H20FNO3. The molecule has 0 heterocycles. The number of nitrogens with one attached hydrogen (secondary N) is 1. The highest BCUT2D eigenvalue weighted by molar-refractivity contribution is 5.88. The Morgan fingerprint density at radius 3 is 2.40 bits per heavy atom. The fourth-order valence-electron chi connectivity index (χ4n) is 1.73. The summed E-state index contributed by atoms with van der Waals surface area (Å²) in [6, 6.07) is 5.34. The van der Waals surface area contributed by atoms with Crippen molar-refractivity contribution < 1.29 is 19.1 Å². The number of hydrogen-bond donors (Lipinski definition) is 2. The number of benzene rings is 1. The molecule has 20 heavy (non-hydrogen) atoms. The summed E-state index contributed by atoms with van der Waals surface area (Å²) in [4.78, 5) is 23.2. The molecule has 1 amide bonds. The third kappa shape index (κ3) is 3.56. The van der Waals surface area contributed by atoms with Gasteiger partial charge in [0.15, 0.2) is 0 Å². The van der Waals surface area contributed by atoms with Crippen LogP contribution in [0.4, 0.5) is 4.39 Å². The molecule has 0 bridgehead atoms. The first-order valence-corrected chi connectivity index (χ1v) is 6.46.